The van der Waals surface area contributed by atoms with Crippen molar-refractivity contribution in [2.45, 2.75) is 32.7 Å². The van der Waals surface area contributed by atoms with Gasteiger partial charge in [-0.05, 0) is 24.0 Å². The molecule has 0 aliphatic heterocycles. The van der Waals surface area contributed by atoms with Gasteiger partial charge in [0.1, 0.15) is 0 Å². The van der Waals surface area contributed by atoms with Gasteiger partial charge in [-0.15, -0.1) is 0 Å². The van der Waals surface area contributed by atoms with Gasteiger partial charge in [0.2, 0.25) is 0 Å². The van der Waals surface area contributed by atoms with Crippen LogP contribution in [0.1, 0.15) is 30.9 Å². The zero-order valence-corrected chi connectivity index (χ0v) is 7.64. The lowest BCUT2D eigenvalue weighted by atomic mass is 10.0. The highest BCUT2D eigenvalue weighted by molar-refractivity contribution is 5.26. The minimum atomic E-state index is 0.417. The molecular weight excluding hydrogens is 146 g/mol. The summed E-state index contributed by atoms with van der Waals surface area (Å²) in [5.74, 6) is 0. The molecule has 1 radical (unpaired) electrons. The van der Waals surface area contributed by atoms with Gasteiger partial charge < -0.3 is 0 Å². The molecule has 0 amide bonds. The molecule has 0 saturated carbocycles. The maximum Gasteiger partial charge on any atom is 0.0353 e. The first-order valence-corrected chi connectivity index (χ1v) is 4.60. The molecule has 1 heteroatoms. The molecule has 1 nitrogen and oxygen atoms in total. The van der Waals surface area contributed by atoms with Gasteiger partial charge in [0, 0.05) is 6.54 Å². The van der Waals surface area contributed by atoms with Crippen LogP contribution in [-0.4, -0.2) is 0 Å². The SMILES string of the molecule is CCCCc1ccccc1C[NH]. The second-order valence-corrected chi connectivity index (χ2v) is 3.05. The summed E-state index contributed by atoms with van der Waals surface area (Å²) >= 11 is 0. The first kappa shape index (κ1) is 9.27. The normalized spacial score (nSPS) is 10.2. The lowest BCUT2D eigenvalue weighted by Gasteiger charge is -2.05. The van der Waals surface area contributed by atoms with Gasteiger partial charge in [-0.3, -0.25) is 5.73 Å². The van der Waals surface area contributed by atoms with Gasteiger partial charge in [-0.25, -0.2) is 0 Å². The van der Waals surface area contributed by atoms with Gasteiger partial charge in [-0.1, -0.05) is 37.6 Å². The minimum Gasteiger partial charge on any atom is -0.253 e. The number of nitrogens with one attached hydrogen (secondary N) is 1. The van der Waals surface area contributed by atoms with E-state index in [-0.39, 0.29) is 0 Å². The Balaban J connectivity index is 2.68. The highest BCUT2D eigenvalue weighted by Crippen LogP contribution is 2.11. The smallest absolute Gasteiger partial charge is 0.0353 e. The summed E-state index contributed by atoms with van der Waals surface area (Å²) in [7, 11) is 0. The van der Waals surface area contributed by atoms with Crippen molar-refractivity contribution in [3.05, 3.63) is 35.4 Å². The van der Waals surface area contributed by atoms with Crippen LogP contribution in [0.2, 0.25) is 0 Å². The third-order valence-electron chi connectivity index (χ3n) is 2.11. The van der Waals surface area contributed by atoms with Gasteiger partial charge >= 0.3 is 0 Å². The molecule has 0 saturated heterocycles. The molecule has 0 bridgehead atoms. The first-order valence-electron chi connectivity index (χ1n) is 4.60. The average Bonchev–Trinajstić information content (AvgIpc) is 2.15. The molecule has 1 rings (SSSR count). The Hall–Kier alpha value is -0.820. The number of unbranched alkanes of at least 4 members (excludes halogenated alkanes) is 1. The van der Waals surface area contributed by atoms with Gasteiger partial charge in [0.15, 0.2) is 0 Å². The summed E-state index contributed by atoms with van der Waals surface area (Å²) in [5.41, 5.74) is 9.86. The van der Waals surface area contributed by atoms with Crippen LogP contribution >= 0.6 is 0 Å². The van der Waals surface area contributed by atoms with Crippen LogP contribution < -0.4 is 5.73 Å². The van der Waals surface area contributed by atoms with Crippen molar-refractivity contribution in [2.75, 3.05) is 0 Å². The molecule has 65 valence electrons. The van der Waals surface area contributed by atoms with Crippen molar-refractivity contribution in [1.29, 1.82) is 0 Å². The summed E-state index contributed by atoms with van der Waals surface area (Å²) in [6.07, 6.45) is 3.59. The fourth-order valence-corrected chi connectivity index (χ4v) is 1.34. The van der Waals surface area contributed by atoms with Gasteiger partial charge in [0.05, 0.1) is 0 Å². The molecule has 0 spiro atoms. The highest BCUT2D eigenvalue weighted by atomic mass is 14.5. The van der Waals surface area contributed by atoms with Crippen molar-refractivity contribution in [3.8, 4) is 0 Å². The predicted octanol–water partition coefficient (Wildman–Crippen LogP) is 2.81. The van der Waals surface area contributed by atoms with E-state index in [0.29, 0.717) is 6.54 Å². The summed E-state index contributed by atoms with van der Waals surface area (Å²) < 4.78 is 0. The molecule has 0 atom stereocenters. The Morgan fingerprint density at radius 3 is 2.42 bits per heavy atom. The number of rotatable bonds is 4. The predicted molar refractivity (Wildman–Crippen MR) is 51.9 cm³/mol. The van der Waals surface area contributed by atoms with Crippen molar-refractivity contribution in [1.82, 2.24) is 5.73 Å². The zero-order valence-electron chi connectivity index (χ0n) is 7.64. The molecule has 12 heavy (non-hydrogen) atoms. The maximum absolute atomic E-state index is 7.32. The summed E-state index contributed by atoms with van der Waals surface area (Å²) in [5, 5.41) is 0. The van der Waals surface area contributed by atoms with Crippen LogP contribution in [0.5, 0.6) is 0 Å². The van der Waals surface area contributed by atoms with Crippen LogP contribution in [0.15, 0.2) is 24.3 Å². The average molecular weight is 162 g/mol. The summed E-state index contributed by atoms with van der Waals surface area (Å²) in [6, 6.07) is 8.26. The molecule has 0 heterocycles. The van der Waals surface area contributed by atoms with Gasteiger partial charge in [-0.2, -0.15) is 0 Å². The monoisotopic (exact) mass is 162 g/mol. The number of benzene rings is 1. The third kappa shape index (κ3) is 2.35. The molecule has 1 aromatic rings. The maximum atomic E-state index is 7.32. The lowest BCUT2D eigenvalue weighted by Crippen LogP contribution is -1.94. The Kier molecular flexibility index (Phi) is 3.81. The van der Waals surface area contributed by atoms with E-state index >= 15 is 0 Å². The van der Waals surface area contributed by atoms with Crippen molar-refractivity contribution < 1.29 is 0 Å². The Morgan fingerprint density at radius 1 is 1.17 bits per heavy atom. The lowest BCUT2D eigenvalue weighted by molar-refractivity contribution is 0.784. The fourth-order valence-electron chi connectivity index (χ4n) is 1.34. The second kappa shape index (κ2) is 4.94. The molecule has 0 aromatic heterocycles. The van der Waals surface area contributed by atoms with Crippen LogP contribution in [0.3, 0.4) is 0 Å². The molecular formula is C11H16N. The zero-order chi connectivity index (χ0) is 8.81. The molecule has 0 aliphatic carbocycles. The van der Waals surface area contributed by atoms with Crippen molar-refractivity contribution in [3.63, 3.8) is 0 Å². The van der Waals surface area contributed by atoms with E-state index in [4.69, 9.17) is 5.73 Å². The standard InChI is InChI=1S/C11H16N/c1-2-3-6-10-7-4-5-8-11(10)9-12/h4-5,7-8,12H,2-3,6,9H2,1H3. The Bertz CT molecular complexity index is 230. The van der Waals surface area contributed by atoms with E-state index in [1.807, 2.05) is 6.07 Å². The van der Waals surface area contributed by atoms with Crippen LogP contribution in [-0.2, 0) is 13.0 Å². The number of aryl methyl sites for hydroxylation is 1. The quantitative estimate of drug-likeness (QED) is 0.650. The molecule has 0 aliphatic rings. The van der Waals surface area contributed by atoms with E-state index in [9.17, 15) is 0 Å². The summed E-state index contributed by atoms with van der Waals surface area (Å²) in [6.45, 7) is 2.61. The van der Waals surface area contributed by atoms with Crippen LogP contribution in [0.25, 0.3) is 0 Å². The highest BCUT2D eigenvalue weighted by Gasteiger charge is 1.97. The van der Waals surface area contributed by atoms with Crippen molar-refractivity contribution in [2.24, 2.45) is 0 Å². The number of hydrogen-bond donors (Lipinski definition) is 0. The van der Waals surface area contributed by atoms with E-state index in [2.05, 4.69) is 25.1 Å². The topological polar surface area (TPSA) is 23.8 Å². The fraction of sp³-hybridized carbons (Fsp3) is 0.455. The Morgan fingerprint density at radius 2 is 1.83 bits per heavy atom. The largest absolute Gasteiger partial charge is 0.253 e. The van der Waals surface area contributed by atoms with Crippen molar-refractivity contribution >= 4 is 0 Å². The molecule has 1 N–H and O–H groups in total. The molecule has 0 unspecified atom stereocenters. The summed E-state index contributed by atoms with van der Waals surface area (Å²) in [4.78, 5) is 0. The molecule has 0 fully saturated rings. The van der Waals surface area contributed by atoms with E-state index < -0.39 is 0 Å². The van der Waals surface area contributed by atoms with Crippen LogP contribution in [0, 0.1) is 0 Å². The molecule has 1 aromatic carbocycles. The first-order chi connectivity index (χ1) is 5.88. The van der Waals surface area contributed by atoms with Gasteiger partial charge in [0.25, 0.3) is 0 Å². The van der Waals surface area contributed by atoms with E-state index in [1.165, 1.54) is 24.0 Å². The minimum absolute atomic E-state index is 0.417. The van der Waals surface area contributed by atoms with Crippen LogP contribution in [0.4, 0.5) is 0 Å². The third-order valence-corrected chi connectivity index (χ3v) is 2.11. The number of hydrogen-bond acceptors (Lipinski definition) is 0. The second-order valence-electron chi connectivity index (χ2n) is 3.05. The Labute approximate surface area is 74.6 Å². The van der Waals surface area contributed by atoms with E-state index in [0.717, 1.165) is 6.42 Å². The van der Waals surface area contributed by atoms with E-state index in [1.54, 1.807) is 0 Å².